The van der Waals surface area contributed by atoms with Crippen LogP contribution in [-0.4, -0.2) is 23.8 Å². The van der Waals surface area contributed by atoms with Crippen molar-refractivity contribution < 1.29 is 14.4 Å². The number of amides is 3. The lowest BCUT2D eigenvalue weighted by atomic mass is 10.0. The Labute approximate surface area is 115 Å². The molecule has 0 radical (unpaired) electrons. The number of piperidine rings is 1. The number of carbonyl (C=O) groups excluding carboxylic acids is 3. The van der Waals surface area contributed by atoms with Crippen molar-refractivity contribution in [2.24, 2.45) is 5.11 Å². The molecule has 2 rings (SSSR count). The molecule has 1 fully saturated rings. The van der Waals surface area contributed by atoms with E-state index in [4.69, 9.17) is 5.53 Å². The number of carbonyl (C=O) groups is 3. The summed E-state index contributed by atoms with van der Waals surface area (Å²) in [6.07, 6.45) is 0.468. The SMILES string of the molecule is Cc1ccc(N=N)c(C(=O)NC2CCC(=O)NC2=O)c1. The van der Waals surface area contributed by atoms with Crippen LogP contribution in [0.5, 0.6) is 0 Å². The fourth-order valence-corrected chi connectivity index (χ4v) is 2.00. The lowest BCUT2D eigenvalue weighted by molar-refractivity contribution is -0.134. The summed E-state index contributed by atoms with van der Waals surface area (Å²) in [7, 11) is 0. The molecule has 1 aliphatic heterocycles. The highest BCUT2D eigenvalue weighted by Gasteiger charge is 2.28. The Morgan fingerprint density at radius 1 is 1.45 bits per heavy atom. The number of rotatable bonds is 3. The minimum absolute atomic E-state index is 0.195. The van der Waals surface area contributed by atoms with Crippen LogP contribution in [-0.2, 0) is 9.59 Å². The second kappa shape index (κ2) is 5.60. The van der Waals surface area contributed by atoms with Gasteiger partial charge in [-0.2, -0.15) is 5.11 Å². The Bertz CT molecular complexity index is 597. The standard InChI is InChI=1S/C13H14N4O3/c1-7-2-3-9(17-14)8(6-7)12(19)15-10-4-5-11(18)16-13(10)20/h2-3,6,10,14H,4-5H2,1H3,(H,15,19)(H,16,18,20). The predicted octanol–water partition coefficient (Wildman–Crippen LogP) is 1.19. The van der Waals surface area contributed by atoms with E-state index in [-0.39, 0.29) is 30.0 Å². The molecule has 3 N–H and O–H groups in total. The first kappa shape index (κ1) is 13.9. The fourth-order valence-electron chi connectivity index (χ4n) is 2.00. The zero-order valence-electron chi connectivity index (χ0n) is 10.9. The van der Waals surface area contributed by atoms with Gasteiger partial charge >= 0.3 is 0 Å². The minimum Gasteiger partial charge on any atom is -0.340 e. The molecular formula is C13H14N4O3. The first-order valence-electron chi connectivity index (χ1n) is 6.14. The molecule has 1 atom stereocenters. The number of benzene rings is 1. The monoisotopic (exact) mass is 274 g/mol. The van der Waals surface area contributed by atoms with E-state index in [1.165, 1.54) is 0 Å². The highest BCUT2D eigenvalue weighted by Crippen LogP contribution is 2.20. The van der Waals surface area contributed by atoms with Crippen molar-refractivity contribution in [3.63, 3.8) is 0 Å². The number of aryl methyl sites for hydroxylation is 1. The van der Waals surface area contributed by atoms with E-state index in [2.05, 4.69) is 15.7 Å². The molecule has 1 unspecified atom stereocenters. The molecule has 1 aliphatic rings. The van der Waals surface area contributed by atoms with Crippen LogP contribution < -0.4 is 10.6 Å². The molecule has 1 saturated heterocycles. The summed E-state index contributed by atoms with van der Waals surface area (Å²) in [5, 5.41) is 8.03. The number of imide groups is 1. The molecule has 7 heteroatoms. The molecule has 104 valence electrons. The van der Waals surface area contributed by atoms with E-state index in [1.54, 1.807) is 18.2 Å². The van der Waals surface area contributed by atoms with Gasteiger partial charge in [-0.25, -0.2) is 5.53 Å². The second-order valence-corrected chi connectivity index (χ2v) is 4.61. The highest BCUT2D eigenvalue weighted by molar-refractivity contribution is 6.05. The lowest BCUT2D eigenvalue weighted by Crippen LogP contribution is -2.52. The third-order valence-electron chi connectivity index (χ3n) is 3.06. The van der Waals surface area contributed by atoms with Crippen molar-refractivity contribution in [3.8, 4) is 0 Å². The van der Waals surface area contributed by atoms with Crippen molar-refractivity contribution in [2.75, 3.05) is 0 Å². The summed E-state index contributed by atoms with van der Waals surface area (Å²) in [6, 6.07) is 4.19. The Morgan fingerprint density at radius 2 is 2.20 bits per heavy atom. The second-order valence-electron chi connectivity index (χ2n) is 4.61. The summed E-state index contributed by atoms with van der Waals surface area (Å²) in [5.41, 5.74) is 8.38. The molecule has 1 aromatic rings. The van der Waals surface area contributed by atoms with E-state index >= 15 is 0 Å². The average Bonchev–Trinajstić information content (AvgIpc) is 2.41. The van der Waals surface area contributed by atoms with Crippen LogP contribution in [0.15, 0.2) is 23.3 Å². The molecule has 0 aromatic heterocycles. The largest absolute Gasteiger partial charge is 0.340 e. The molecule has 0 bridgehead atoms. The molecule has 0 saturated carbocycles. The van der Waals surface area contributed by atoms with Crippen LogP contribution in [0.4, 0.5) is 5.69 Å². The van der Waals surface area contributed by atoms with Gasteiger partial charge in [-0.1, -0.05) is 11.6 Å². The lowest BCUT2D eigenvalue weighted by Gasteiger charge is -2.22. The Kier molecular flexibility index (Phi) is 3.88. The van der Waals surface area contributed by atoms with Gasteiger partial charge in [0.1, 0.15) is 6.04 Å². The van der Waals surface area contributed by atoms with Crippen molar-refractivity contribution >= 4 is 23.4 Å². The van der Waals surface area contributed by atoms with Gasteiger partial charge in [0.25, 0.3) is 5.91 Å². The summed E-state index contributed by atoms with van der Waals surface area (Å²) < 4.78 is 0. The molecule has 1 heterocycles. The number of nitrogens with one attached hydrogen (secondary N) is 3. The third kappa shape index (κ3) is 2.87. The van der Waals surface area contributed by atoms with Gasteiger partial charge in [0.05, 0.1) is 11.3 Å². The molecule has 0 spiro atoms. The zero-order chi connectivity index (χ0) is 14.7. The van der Waals surface area contributed by atoms with Crippen molar-refractivity contribution in [3.05, 3.63) is 29.3 Å². The molecule has 0 aliphatic carbocycles. The topological polar surface area (TPSA) is 111 Å². The van der Waals surface area contributed by atoms with Crippen LogP contribution in [0.2, 0.25) is 0 Å². The number of hydrogen-bond donors (Lipinski definition) is 3. The van der Waals surface area contributed by atoms with Gasteiger partial charge < -0.3 is 5.32 Å². The fraction of sp³-hybridized carbons (Fsp3) is 0.308. The normalized spacial score (nSPS) is 18.4. The predicted molar refractivity (Wildman–Crippen MR) is 69.6 cm³/mol. The highest BCUT2D eigenvalue weighted by atomic mass is 16.2. The summed E-state index contributed by atoms with van der Waals surface area (Å²) in [4.78, 5) is 34.8. The Hall–Kier alpha value is -2.57. The van der Waals surface area contributed by atoms with Crippen LogP contribution in [0.25, 0.3) is 0 Å². The van der Waals surface area contributed by atoms with Crippen LogP contribution in [0.1, 0.15) is 28.8 Å². The minimum atomic E-state index is -0.737. The summed E-state index contributed by atoms with van der Waals surface area (Å²) >= 11 is 0. The van der Waals surface area contributed by atoms with Crippen molar-refractivity contribution in [1.82, 2.24) is 10.6 Å². The maximum atomic E-state index is 12.2. The third-order valence-corrected chi connectivity index (χ3v) is 3.06. The number of hydrogen-bond acceptors (Lipinski definition) is 5. The maximum absolute atomic E-state index is 12.2. The van der Waals surface area contributed by atoms with E-state index < -0.39 is 17.9 Å². The van der Waals surface area contributed by atoms with Gasteiger partial charge in [-0.05, 0) is 25.5 Å². The molecule has 1 aromatic carbocycles. The van der Waals surface area contributed by atoms with Gasteiger partial charge in [0.2, 0.25) is 11.8 Å². The van der Waals surface area contributed by atoms with E-state index in [1.807, 2.05) is 6.92 Å². The first-order valence-corrected chi connectivity index (χ1v) is 6.14. The molecule has 3 amide bonds. The van der Waals surface area contributed by atoms with Crippen molar-refractivity contribution in [2.45, 2.75) is 25.8 Å². The Morgan fingerprint density at radius 3 is 2.85 bits per heavy atom. The van der Waals surface area contributed by atoms with E-state index in [9.17, 15) is 14.4 Å². The molecular weight excluding hydrogens is 260 g/mol. The van der Waals surface area contributed by atoms with Crippen LogP contribution in [0.3, 0.4) is 0 Å². The molecule has 7 nitrogen and oxygen atoms in total. The van der Waals surface area contributed by atoms with Crippen LogP contribution in [0, 0.1) is 12.5 Å². The zero-order valence-corrected chi connectivity index (χ0v) is 10.9. The summed E-state index contributed by atoms with van der Waals surface area (Å²) in [6.45, 7) is 1.82. The number of nitrogens with zero attached hydrogens (tertiary/aromatic N) is 1. The first-order chi connectivity index (χ1) is 9.51. The van der Waals surface area contributed by atoms with Gasteiger partial charge in [0, 0.05) is 6.42 Å². The Balaban J connectivity index is 2.16. The average molecular weight is 274 g/mol. The smallest absolute Gasteiger partial charge is 0.254 e. The quantitative estimate of drug-likeness (QED) is 0.568. The summed E-state index contributed by atoms with van der Waals surface area (Å²) in [5.74, 6) is -1.32. The maximum Gasteiger partial charge on any atom is 0.254 e. The van der Waals surface area contributed by atoms with Crippen molar-refractivity contribution in [1.29, 1.82) is 5.53 Å². The van der Waals surface area contributed by atoms with Gasteiger partial charge in [0.15, 0.2) is 0 Å². The van der Waals surface area contributed by atoms with Gasteiger partial charge in [-0.15, -0.1) is 0 Å². The molecule has 20 heavy (non-hydrogen) atoms. The van der Waals surface area contributed by atoms with E-state index in [0.29, 0.717) is 0 Å². The van der Waals surface area contributed by atoms with Crippen LogP contribution >= 0.6 is 0 Å². The van der Waals surface area contributed by atoms with Gasteiger partial charge in [-0.3, -0.25) is 19.7 Å². The van der Waals surface area contributed by atoms with E-state index in [0.717, 1.165) is 5.56 Å².